The number of rotatable bonds is 3. The van der Waals surface area contributed by atoms with E-state index in [-0.39, 0.29) is 6.42 Å². The molecule has 0 aromatic rings. The van der Waals surface area contributed by atoms with Crippen LogP contribution >= 0.6 is 0 Å². The van der Waals surface area contributed by atoms with Crippen LogP contribution in [0.15, 0.2) is 0 Å². The van der Waals surface area contributed by atoms with E-state index in [9.17, 15) is 4.79 Å². The van der Waals surface area contributed by atoms with Crippen molar-refractivity contribution < 1.29 is 19.8 Å². The second-order valence-electron chi connectivity index (χ2n) is 1.62. The molecule has 66 valence electrons. The van der Waals surface area contributed by atoms with E-state index in [2.05, 4.69) is 5.73 Å². The molecule has 0 aliphatic carbocycles. The number of carboxylic acids is 1. The molecule has 0 spiro atoms. The zero-order valence-corrected chi connectivity index (χ0v) is 5.99. The first-order valence-electron chi connectivity index (χ1n) is 2.91. The highest BCUT2D eigenvalue weighted by Gasteiger charge is 1.91. The number of aliphatic carboxylic acids is 1. The fraction of sp³-hybridized carbons (Fsp3) is 0.600. The van der Waals surface area contributed by atoms with Crippen LogP contribution in [0.2, 0.25) is 0 Å². The monoisotopic (exact) mass is 164 g/mol. The maximum atomic E-state index is 9.70. The van der Waals surface area contributed by atoms with Gasteiger partial charge in [-0.2, -0.15) is 0 Å². The molecule has 0 aliphatic heterocycles. The van der Waals surface area contributed by atoms with Crippen LogP contribution in [0.4, 0.5) is 4.79 Å². The van der Waals surface area contributed by atoms with Crippen LogP contribution in [0, 0.1) is 0 Å². The number of amides is 1. The fourth-order valence-electron chi connectivity index (χ4n) is 0.253. The molecule has 0 fully saturated rings. The van der Waals surface area contributed by atoms with Gasteiger partial charge >= 0.3 is 12.1 Å². The molecule has 0 radical (unpaired) electrons. The Bertz CT molecular complexity index is 122. The van der Waals surface area contributed by atoms with E-state index >= 15 is 0 Å². The average Bonchev–Trinajstić information content (AvgIpc) is 1.82. The molecular formula is C5H12N2O4. The van der Waals surface area contributed by atoms with Gasteiger partial charge in [0.1, 0.15) is 0 Å². The Labute approximate surface area is 63.8 Å². The first-order valence-corrected chi connectivity index (χ1v) is 2.91. The first-order chi connectivity index (χ1) is 5.00. The van der Waals surface area contributed by atoms with Gasteiger partial charge in [-0.15, -0.1) is 0 Å². The molecule has 0 atom stereocenters. The maximum absolute atomic E-state index is 9.70. The molecule has 0 rings (SSSR count). The van der Waals surface area contributed by atoms with Crippen molar-refractivity contribution in [2.24, 2.45) is 11.5 Å². The van der Waals surface area contributed by atoms with Crippen molar-refractivity contribution in [3.63, 3.8) is 0 Å². The van der Waals surface area contributed by atoms with E-state index in [4.69, 9.17) is 20.7 Å². The lowest BCUT2D eigenvalue weighted by atomic mass is 10.3. The predicted octanol–water partition coefficient (Wildman–Crippen LogP) is -0.567. The summed E-state index contributed by atoms with van der Waals surface area (Å²) in [6.07, 6.45) is -0.564. The van der Waals surface area contributed by atoms with Gasteiger partial charge in [-0.25, -0.2) is 4.79 Å². The molecule has 6 N–H and O–H groups in total. The van der Waals surface area contributed by atoms with Crippen LogP contribution in [-0.2, 0) is 4.79 Å². The highest BCUT2D eigenvalue weighted by molar-refractivity contribution is 5.66. The normalized spacial score (nSPS) is 7.73. The van der Waals surface area contributed by atoms with E-state index < -0.39 is 12.1 Å². The van der Waals surface area contributed by atoms with E-state index in [1.54, 1.807) is 0 Å². The molecule has 0 saturated heterocycles. The quantitative estimate of drug-likeness (QED) is 0.444. The number of nitrogens with two attached hydrogens (primary N) is 2. The smallest absolute Gasteiger partial charge is 0.402 e. The molecule has 0 bridgehead atoms. The second kappa shape index (κ2) is 8.70. The molecule has 0 aromatic heterocycles. The fourth-order valence-corrected chi connectivity index (χ4v) is 0.253. The number of carbonyl (C=O) groups is 2. The SMILES string of the molecule is NC(=O)O.NCCCC(=O)O. The Morgan fingerprint density at radius 2 is 1.64 bits per heavy atom. The molecule has 0 unspecified atom stereocenters. The molecule has 0 aromatic carbocycles. The van der Waals surface area contributed by atoms with E-state index in [1.165, 1.54) is 0 Å². The summed E-state index contributed by atoms with van der Waals surface area (Å²) in [5, 5.41) is 15.2. The minimum Gasteiger partial charge on any atom is -0.481 e. The van der Waals surface area contributed by atoms with Gasteiger partial charge in [-0.05, 0) is 13.0 Å². The number of carboxylic acid groups (broad SMARTS) is 2. The van der Waals surface area contributed by atoms with Crippen molar-refractivity contribution in [2.45, 2.75) is 12.8 Å². The van der Waals surface area contributed by atoms with Crippen molar-refractivity contribution in [1.29, 1.82) is 0 Å². The van der Waals surface area contributed by atoms with Crippen LogP contribution in [0.3, 0.4) is 0 Å². The summed E-state index contributed by atoms with van der Waals surface area (Å²) in [5.41, 5.74) is 9.04. The van der Waals surface area contributed by atoms with Gasteiger partial charge in [0.25, 0.3) is 0 Å². The van der Waals surface area contributed by atoms with Crippen molar-refractivity contribution in [1.82, 2.24) is 0 Å². The molecule has 1 amide bonds. The highest BCUT2D eigenvalue weighted by Crippen LogP contribution is 1.82. The third-order valence-corrected chi connectivity index (χ3v) is 0.595. The zero-order chi connectivity index (χ0) is 9.28. The molecule has 0 saturated carbocycles. The van der Waals surface area contributed by atoms with Gasteiger partial charge in [0.2, 0.25) is 0 Å². The van der Waals surface area contributed by atoms with Gasteiger partial charge in [-0.1, -0.05) is 0 Å². The van der Waals surface area contributed by atoms with Crippen molar-refractivity contribution in [2.75, 3.05) is 6.54 Å². The standard InChI is InChI=1S/C4H9NO2.CH3NO2/c5-3-1-2-4(6)7;2-1(3)4/h1-3,5H2,(H,6,7);2H2,(H,3,4). The third kappa shape index (κ3) is 53.6. The van der Waals surface area contributed by atoms with Crippen molar-refractivity contribution >= 4 is 12.1 Å². The number of hydrogen-bond acceptors (Lipinski definition) is 3. The maximum Gasteiger partial charge on any atom is 0.402 e. The van der Waals surface area contributed by atoms with Crippen LogP contribution in [0.1, 0.15) is 12.8 Å². The van der Waals surface area contributed by atoms with Gasteiger partial charge in [-0.3, -0.25) is 4.79 Å². The Morgan fingerprint density at radius 3 is 1.73 bits per heavy atom. The largest absolute Gasteiger partial charge is 0.481 e. The van der Waals surface area contributed by atoms with Gasteiger partial charge in [0.15, 0.2) is 0 Å². The minimum atomic E-state index is -1.33. The predicted molar refractivity (Wildman–Crippen MR) is 38.1 cm³/mol. The minimum absolute atomic E-state index is 0.191. The van der Waals surface area contributed by atoms with Crippen molar-refractivity contribution in [3.05, 3.63) is 0 Å². The zero-order valence-electron chi connectivity index (χ0n) is 5.99. The summed E-state index contributed by atoms with van der Waals surface area (Å²) in [4.78, 5) is 18.5. The van der Waals surface area contributed by atoms with Gasteiger partial charge < -0.3 is 21.7 Å². The summed E-state index contributed by atoms with van der Waals surface area (Å²) in [7, 11) is 0. The molecule has 0 heterocycles. The Balaban J connectivity index is 0. The lowest BCUT2D eigenvalue weighted by Crippen LogP contribution is -2.03. The van der Waals surface area contributed by atoms with Crippen LogP contribution in [0.5, 0.6) is 0 Å². The lowest BCUT2D eigenvalue weighted by molar-refractivity contribution is -0.137. The number of primary amides is 1. The molecule has 11 heavy (non-hydrogen) atoms. The topological polar surface area (TPSA) is 127 Å². The van der Waals surface area contributed by atoms with E-state index in [1.807, 2.05) is 0 Å². The van der Waals surface area contributed by atoms with Crippen LogP contribution in [0.25, 0.3) is 0 Å². The first kappa shape index (κ1) is 12.4. The van der Waals surface area contributed by atoms with E-state index in [0.717, 1.165) is 0 Å². The van der Waals surface area contributed by atoms with Gasteiger partial charge in [0, 0.05) is 6.42 Å². The van der Waals surface area contributed by atoms with Crippen LogP contribution in [-0.4, -0.2) is 28.8 Å². The van der Waals surface area contributed by atoms with Crippen LogP contribution < -0.4 is 11.5 Å². The number of hydrogen-bond donors (Lipinski definition) is 4. The molecular weight excluding hydrogens is 152 g/mol. The molecule has 6 heteroatoms. The van der Waals surface area contributed by atoms with E-state index in [0.29, 0.717) is 13.0 Å². The second-order valence-corrected chi connectivity index (χ2v) is 1.62. The Hall–Kier alpha value is -1.30. The van der Waals surface area contributed by atoms with Crippen molar-refractivity contribution in [3.8, 4) is 0 Å². The summed E-state index contributed by atoms with van der Waals surface area (Å²) in [6.45, 7) is 0.465. The molecule has 6 nitrogen and oxygen atoms in total. The summed E-state index contributed by atoms with van der Waals surface area (Å²) in [6, 6.07) is 0. The average molecular weight is 164 g/mol. The Kier molecular flexibility index (Phi) is 9.79. The molecule has 0 aliphatic rings. The summed E-state index contributed by atoms with van der Waals surface area (Å²) in [5.74, 6) is -0.773. The Morgan fingerprint density at radius 1 is 1.27 bits per heavy atom. The third-order valence-electron chi connectivity index (χ3n) is 0.595. The lowest BCUT2D eigenvalue weighted by Gasteiger charge is -1.86. The summed E-state index contributed by atoms with van der Waals surface area (Å²) >= 11 is 0. The van der Waals surface area contributed by atoms with Gasteiger partial charge in [0.05, 0.1) is 0 Å². The summed E-state index contributed by atoms with van der Waals surface area (Å²) < 4.78 is 0. The highest BCUT2D eigenvalue weighted by atomic mass is 16.4.